The Bertz CT molecular complexity index is 857. The number of likely N-dealkylation sites (tertiary alicyclic amines) is 1. The van der Waals surface area contributed by atoms with Gasteiger partial charge >= 0.3 is 5.97 Å². The van der Waals surface area contributed by atoms with Crippen LogP contribution in [-0.2, 0) is 21.4 Å². The van der Waals surface area contributed by atoms with Gasteiger partial charge < -0.3 is 14.2 Å². The van der Waals surface area contributed by atoms with Crippen LogP contribution in [0.25, 0.3) is 11.4 Å². The number of hydrogen-bond donors (Lipinski definition) is 0. The molecule has 0 radical (unpaired) electrons. The SMILES string of the molecule is CCOC(=O)[C@H]1CCCCN1C(=O)CSc1nnc(-c2ccccc2Cl)n1C. The largest absolute Gasteiger partial charge is 0.464 e. The van der Waals surface area contributed by atoms with E-state index in [0.717, 1.165) is 18.4 Å². The molecule has 1 aliphatic rings. The highest BCUT2D eigenvalue weighted by Crippen LogP contribution is 2.28. The summed E-state index contributed by atoms with van der Waals surface area (Å²) in [6.07, 6.45) is 2.47. The van der Waals surface area contributed by atoms with E-state index in [9.17, 15) is 9.59 Å². The number of thioether (sulfide) groups is 1. The molecule has 1 atom stereocenters. The van der Waals surface area contributed by atoms with E-state index in [2.05, 4.69) is 10.2 Å². The number of hydrogen-bond acceptors (Lipinski definition) is 6. The molecule has 1 aromatic carbocycles. The number of ether oxygens (including phenoxy) is 1. The van der Waals surface area contributed by atoms with Crippen LogP contribution in [0.2, 0.25) is 5.02 Å². The molecule has 0 saturated carbocycles. The predicted molar refractivity (Wildman–Crippen MR) is 108 cm³/mol. The molecule has 28 heavy (non-hydrogen) atoms. The lowest BCUT2D eigenvalue weighted by Gasteiger charge is -2.33. The Morgan fingerprint density at radius 3 is 2.82 bits per heavy atom. The van der Waals surface area contributed by atoms with Gasteiger partial charge in [-0.2, -0.15) is 0 Å². The van der Waals surface area contributed by atoms with E-state index in [-0.39, 0.29) is 17.6 Å². The normalized spacial score (nSPS) is 16.8. The molecule has 0 spiro atoms. The van der Waals surface area contributed by atoms with Crippen molar-refractivity contribution in [2.45, 2.75) is 37.4 Å². The number of benzene rings is 1. The molecule has 0 bridgehead atoms. The number of carbonyl (C=O) groups is 2. The lowest BCUT2D eigenvalue weighted by atomic mass is 10.0. The van der Waals surface area contributed by atoms with Crippen molar-refractivity contribution < 1.29 is 14.3 Å². The van der Waals surface area contributed by atoms with Gasteiger partial charge in [0, 0.05) is 19.2 Å². The zero-order chi connectivity index (χ0) is 20.1. The van der Waals surface area contributed by atoms with E-state index in [4.69, 9.17) is 16.3 Å². The van der Waals surface area contributed by atoms with E-state index < -0.39 is 6.04 Å². The summed E-state index contributed by atoms with van der Waals surface area (Å²) in [6.45, 7) is 2.66. The summed E-state index contributed by atoms with van der Waals surface area (Å²) in [5.74, 6) is 0.415. The van der Waals surface area contributed by atoms with Crippen LogP contribution in [0.4, 0.5) is 0 Å². The Balaban J connectivity index is 1.67. The first kappa shape index (κ1) is 20.7. The fraction of sp³-hybridized carbons (Fsp3) is 0.474. The van der Waals surface area contributed by atoms with Gasteiger partial charge in [-0.1, -0.05) is 35.5 Å². The third-order valence-electron chi connectivity index (χ3n) is 4.66. The first-order chi connectivity index (χ1) is 13.5. The molecule has 7 nitrogen and oxygen atoms in total. The summed E-state index contributed by atoms with van der Waals surface area (Å²) in [5, 5.41) is 9.61. The number of amides is 1. The van der Waals surface area contributed by atoms with Crippen molar-refractivity contribution in [1.29, 1.82) is 0 Å². The van der Waals surface area contributed by atoms with Crippen molar-refractivity contribution in [3.8, 4) is 11.4 Å². The summed E-state index contributed by atoms with van der Waals surface area (Å²) in [5.41, 5.74) is 0.788. The molecule has 0 N–H and O–H groups in total. The van der Waals surface area contributed by atoms with Gasteiger partial charge in [-0.25, -0.2) is 4.79 Å². The van der Waals surface area contributed by atoms with Crippen molar-refractivity contribution in [2.75, 3.05) is 18.9 Å². The van der Waals surface area contributed by atoms with Crippen LogP contribution < -0.4 is 0 Å². The molecule has 0 unspecified atom stereocenters. The number of esters is 1. The first-order valence-corrected chi connectivity index (χ1v) is 10.6. The third-order valence-corrected chi connectivity index (χ3v) is 5.99. The maximum atomic E-state index is 12.8. The van der Waals surface area contributed by atoms with Crippen LogP contribution >= 0.6 is 23.4 Å². The number of nitrogens with zero attached hydrogens (tertiary/aromatic N) is 4. The van der Waals surface area contributed by atoms with Gasteiger partial charge in [-0.3, -0.25) is 4.79 Å². The monoisotopic (exact) mass is 422 g/mol. The van der Waals surface area contributed by atoms with Crippen LogP contribution in [0, 0.1) is 0 Å². The van der Waals surface area contributed by atoms with Crippen molar-refractivity contribution in [3.05, 3.63) is 29.3 Å². The maximum Gasteiger partial charge on any atom is 0.328 e. The van der Waals surface area contributed by atoms with E-state index >= 15 is 0 Å². The van der Waals surface area contributed by atoms with Crippen LogP contribution in [-0.4, -0.2) is 56.5 Å². The predicted octanol–water partition coefficient (Wildman–Crippen LogP) is 3.17. The third kappa shape index (κ3) is 4.50. The number of carbonyl (C=O) groups excluding carboxylic acids is 2. The Morgan fingerprint density at radius 2 is 2.07 bits per heavy atom. The summed E-state index contributed by atoms with van der Waals surface area (Å²) in [6, 6.07) is 6.94. The van der Waals surface area contributed by atoms with Gasteiger partial charge in [-0.05, 0) is 38.3 Å². The molecule has 1 aliphatic heterocycles. The van der Waals surface area contributed by atoms with Crippen molar-refractivity contribution in [1.82, 2.24) is 19.7 Å². The molecule has 150 valence electrons. The minimum Gasteiger partial charge on any atom is -0.464 e. The lowest BCUT2D eigenvalue weighted by Crippen LogP contribution is -2.49. The smallest absolute Gasteiger partial charge is 0.328 e. The summed E-state index contributed by atoms with van der Waals surface area (Å²) < 4.78 is 6.95. The highest BCUT2D eigenvalue weighted by Gasteiger charge is 2.33. The fourth-order valence-electron chi connectivity index (χ4n) is 3.24. The Kier molecular flexibility index (Phi) is 6.96. The number of piperidine rings is 1. The van der Waals surface area contributed by atoms with E-state index in [1.54, 1.807) is 17.9 Å². The highest BCUT2D eigenvalue weighted by molar-refractivity contribution is 7.99. The number of halogens is 1. The molecule has 9 heteroatoms. The van der Waals surface area contributed by atoms with E-state index in [0.29, 0.717) is 35.6 Å². The zero-order valence-electron chi connectivity index (χ0n) is 15.9. The summed E-state index contributed by atoms with van der Waals surface area (Å²) >= 11 is 7.55. The number of rotatable bonds is 6. The minimum atomic E-state index is -0.486. The van der Waals surface area contributed by atoms with Crippen LogP contribution in [0.3, 0.4) is 0 Å². The lowest BCUT2D eigenvalue weighted by molar-refractivity contribution is -0.155. The van der Waals surface area contributed by atoms with E-state index in [1.807, 2.05) is 29.8 Å². The first-order valence-electron chi connectivity index (χ1n) is 9.26. The second-order valence-corrected chi connectivity index (χ2v) is 7.83. The zero-order valence-corrected chi connectivity index (χ0v) is 17.5. The van der Waals surface area contributed by atoms with Gasteiger partial charge in [0.2, 0.25) is 5.91 Å². The Hall–Kier alpha value is -2.06. The molecule has 0 aliphatic carbocycles. The highest BCUT2D eigenvalue weighted by atomic mass is 35.5. The Labute approximate surface area is 173 Å². The van der Waals surface area contributed by atoms with Gasteiger partial charge in [0.05, 0.1) is 17.4 Å². The average molecular weight is 423 g/mol. The molecule has 2 aromatic rings. The van der Waals surface area contributed by atoms with Gasteiger partial charge in [0.15, 0.2) is 11.0 Å². The standard InChI is InChI=1S/C19H23ClN4O3S/c1-3-27-18(26)15-10-6-7-11-24(15)16(25)12-28-19-22-21-17(23(19)2)13-8-4-5-9-14(13)20/h4-5,8-9,15H,3,6-7,10-12H2,1-2H3/t15-/m1/s1. The fourth-order valence-corrected chi connectivity index (χ4v) is 4.26. The average Bonchev–Trinajstić information content (AvgIpc) is 3.07. The minimum absolute atomic E-state index is 0.0925. The maximum absolute atomic E-state index is 12.8. The van der Waals surface area contributed by atoms with Crippen LogP contribution in [0.15, 0.2) is 29.4 Å². The number of aromatic nitrogens is 3. The van der Waals surface area contributed by atoms with Crippen molar-refractivity contribution in [3.63, 3.8) is 0 Å². The molecule has 3 rings (SSSR count). The Morgan fingerprint density at radius 1 is 1.29 bits per heavy atom. The second-order valence-electron chi connectivity index (χ2n) is 6.48. The molecule has 1 amide bonds. The van der Waals surface area contributed by atoms with Crippen LogP contribution in [0.1, 0.15) is 26.2 Å². The molecule has 1 fully saturated rings. The van der Waals surface area contributed by atoms with Crippen molar-refractivity contribution in [2.24, 2.45) is 7.05 Å². The molecular formula is C19H23ClN4O3S. The second kappa shape index (κ2) is 9.43. The van der Waals surface area contributed by atoms with Gasteiger partial charge in [0.1, 0.15) is 6.04 Å². The topological polar surface area (TPSA) is 77.3 Å². The summed E-state index contributed by atoms with van der Waals surface area (Å²) in [7, 11) is 1.84. The van der Waals surface area contributed by atoms with E-state index in [1.165, 1.54) is 11.8 Å². The summed E-state index contributed by atoms with van der Waals surface area (Å²) in [4.78, 5) is 26.6. The molecular weight excluding hydrogens is 400 g/mol. The quantitative estimate of drug-likeness (QED) is 0.525. The molecule has 1 saturated heterocycles. The van der Waals surface area contributed by atoms with Gasteiger partial charge in [0.25, 0.3) is 0 Å². The molecule has 1 aromatic heterocycles. The molecule has 2 heterocycles. The van der Waals surface area contributed by atoms with Gasteiger partial charge in [-0.15, -0.1) is 10.2 Å². The van der Waals surface area contributed by atoms with Crippen molar-refractivity contribution >= 4 is 35.2 Å². The van der Waals surface area contributed by atoms with Crippen LogP contribution in [0.5, 0.6) is 0 Å².